The van der Waals surface area contributed by atoms with E-state index in [0.29, 0.717) is 53.2 Å². The Morgan fingerprint density at radius 3 is 2.34 bits per heavy atom. The molecule has 0 fully saturated rings. The molecule has 0 bridgehead atoms. The number of nitrogen functional groups attached to an aromatic ring is 1. The maximum atomic E-state index is 10.5. The van der Waals surface area contributed by atoms with Gasteiger partial charge in [-0.2, -0.15) is 0 Å². The van der Waals surface area contributed by atoms with E-state index >= 15 is 0 Å². The van der Waals surface area contributed by atoms with Crippen molar-refractivity contribution < 1.29 is 24.1 Å². The topological polar surface area (TPSA) is 91.0 Å². The number of rotatable bonds is 9. The van der Waals surface area contributed by atoms with Gasteiger partial charge in [-0.1, -0.05) is 29.5 Å². The predicted molar refractivity (Wildman–Crippen MR) is 123 cm³/mol. The third-order valence-electron chi connectivity index (χ3n) is 4.17. The number of aliphatic carboxylic acids is 1. The minimum absolute atomic E-state index is 0.381. The van der Waals surface area contributed by atoms with E-state index in [2.05, 4.69) is 11.8 Å². The minimum Gasteiger partial charge on any atom is -0.493 e. The first-order valence-electron chi connectivity index (χ1n) is 9.87. The molecule has 0 aromatic heterocycles. The van der Waals surface area contributed by atoms with Crippen LogP contribution in [0, 0.1) is 11.8 Å². The molecule has 3 aromatic carbocycles. The third-order valence-corrected chi connectivity index (χ3v) is 4.41. The van der Waals surface area contributed by atoms with Crippen molar-refractivity contribution in [3.63, 3.8) is 0 Å². The van der Waals surface area contributed by atoms with Crippen molar-refractivity contribution >= 4 is 23.3 Å². The first-order valence-corrected chi connectivity index (χ1v) is 10.2. The third kappa shape index (κ3) is 7.46. The zero-order valence-corrected chi connectivity index (χ0v) is 18.0. The molecule has 32 heavy (non-hydrogen) atoms. The average molecular weight is 452 g/mol. The summed E-state index contributed by atoms with van der Waals surface area (Å²) < 4.78 is 16.6. The van der Waals surface area contributed by atoms with Crippen molar-refractivity contribution in [3.05, 3.63) is 82.9 Å². The lowest BCUT2D eigenvalue weighted by atomic mass is 10.1. The molecule has 3 rings (SSSR count). The van der Waals surface area contributed by atoms with E-state index in [-0.39, 0.29) is 6.61 Å². The van der Waals surface area contributed by atoms with Gasteiger partial charge in [0.2, 0.25) is 0 Å². The second-order valence-corrected chi connectivity index (χ2v) is 7.16. The Bertz CT molecular complexity index is 1120. The number of nitrogens with two attached hydrogens (primary N) is 1. The number of carboxylic acids is 1. The molecule has 0 radical (unpaired) electrons. The van der Waals surface area contributed by atoms with Crippen LogP contribution in [0.15, 0.2) is 66.7 Å². The van der Waals surface area contributed by atoms with Crippen LogP contribution in [0.5, 0.6) is 17.2 Å². The molecule has 164 valence electrons. The summed E-state index contributed by atoms with van der Waals surface area (Å²) in [5.74, 6) is 6.92. The first-order chi connectivity index (χ1) is 15.5. The Morgan fingerprint density at radius 1 is 0.906 bits per heavy atom. The van der Waals surface area contributed by atoms with Gasteiger partial charge in [-0.3, -0.25) is 0 Å². The minimum atomic E-state index is -1.02. The Kier molecular flexibility index (Phi) is 8.24. The normalized spacial score (nSPS) is 10.0. The van der Waals surface area contributed by atoms with Crippen LogP contribution in [0.1, 0.15) is 17.5 Å². The summed E-state index contributed by atoms with van der Waals surface area (Å²) >= 11 is 6.01. The van der Waals surface area contributed by atoms with E-state index in [1.807, 2.05) is 12.1 Å². The molecule has 6 nitrogen and oxygen atoms in total. The molecule has 0 saturated carbocycles. The van der Waals surface area contributed by atoms with E-state index in [0.717, 1.165) is 5.56 Å². The van der Waals surface area contributed by atoms with Crippen LogP contribution in [0.4, 0.5) is 5.69 Å². The summed E-state index contributed by atoms with van der Waals surface area (Å²) in [4.78, 5) is 10.5. The second-order valence-electron chi connectivity index (χ2n) is 6.72. The van der Waals surface area contributed by atoms with Gasteiger partial charge in [0.15, 0.2) is 6.61 Å². The van der Waals surface area contributed by atoms with E-state index < -0.39 is 5.97 Å². The van der Waals surface area contributed by atoms with Gasteiger partial charge >= 0.3 is 5.97 Å². The van der Waals surface area contributed by atoms with Crippen LogP contribution >= 0.6 is 11.6 Å². The number of carboxylic acid groups (broad SMARTS) is 1. The van der Waals surface area contributed by atoms with Crippen molar-refractivity contribution in [1.82, 2.24) is 0 Å². The van der Waals surface area contributed by atoms with Gasteiger partial charge in [-0.05, 0) is 60.7 Å². The zero-order valence-electron chi connectivity index (χ0n) is 17.2. The van der Waals surface area contributed by atoms with Gasteiger partial charge in [0.25, 0.3) is 0 Å². The Morgan fingerprint density at radius 2 is 1.62 bits per heavy atom. The maximum absolute atomic E-state index is 10.5. The molecule has 3 aromatic rings. The molecule has 3 N–H and O–H groups in total. The molecule has 7 heteroatoms. The molecule has 0 aliphatic heterocycles. The van der Waals surface area contributed by atoms with Crippen LogP contribution in [0.3, 0.4) is 0 Å². The summed E-state index contributed by atoms with van der Waals surface area (Å²) in [7, 11) is 0. The fraction of sp³-hybridized carbons (Fsp3) is 0.160. The molecule has 0 aliphatic carbocycles. The van der Waals surface area contributed by atoms with Crippen molar-refractivity contribution in [2.75, 3.05) is 25.6 Å². The zero-order chi connectivity index (χ0) is 22.8. The van der Waals surface area contributed by atoms with Crippen molar-refractivity contribution in [1.29, 1.82) is 0 Å². The van der Waals surface area contributed by atoms with Crippen molar-refractivity contribution in [2.45, 2.75) is 6.42 Å². The number of carbonyl (C=O) groups is 1. The highest BCUT2D eigenvalue weighted by Crippen LogP contribution is 2.22. The highest BCUT2D eigenvalue weighted by atomic mass is 35.5. The molecular formula is C25H22ClNO5. The highest BCUT2D eigenvalue weighted by molar-refractivity contribution is 6.30. The molecule has 0 unspecified atom stereocenters. The lowest BCUT2D eigenvalue weighted by Crippen LogP contribution is -2.09. The lowest BCUT2D eigenvalue weighted by Gasteiger charge is -2.10. The maximum Gasteiger partial charge on any atom is 0.341 e. The van der Waals surface area contributed by atoms with Crippen LogP contribution < -0.4 is 19.9 Å². The smallest absolute Gasteiger partial charge is 0.341 e. The summed E-state index contributed by atoms with van der Waals surface area (Å²) in [6.45, 7) is 0.511. The van der Waals surface area contributed by atoms with E-state index in [9.17, 15) is 4.79 Å². The second kappa shape index (κ2) is 11.5. The number of hydrogen-bond acceptors (Lipinski definition) is 5. The average Bonchev–Trinajstić information content (AvgIpc) is 2.78. The number of benzene rings is 3. The molecule has 0 aliphatic rings. The standard InChI is InChI=1S/C25H22ClNO5/c26-20-4-1-3-18(15-20)5-6-19-16-21(27)7-12-24(19)31-14-2-13-30-22-8-10-23(11-9-22)32-17-25(28)29/h1,3-4,7-12,15-16H,2,13-14,17,27H2,(H,28,29). The van der Waals surface area contributed by atoms with Gasteiger partial charge in [-0.25, -0.2) is 4.79 Å². The molecular weight excluding hydrogens is 430 g/mol. The van der Waals surface area contributed by atoms with E-state index in [4.69, 9.17) is 36.7 Å². The Labute approximate surface area is 191 Å². The number of anilines is 1. The summed E-state index contributed by atoms with van der Waals surface area (Å²) in [5.41, 5.74) is 8.01. The van der Waals surface area contributed by atoms with Gasteiger partial charge in [0, 0.05) is 22.7 Å². The fourth-order valence-electron chi connectivity index (χ4n) is 2.69. The summed E-state index contributed by atoms with van der Waals surface area (Å²) in [6.07, 6.45) is 0.656. The largest absolute Gasteiger partial charge is 0.493 e. The summed E-state index contributed by atoms with van der Waals surface area (Å²) in [5, 5.41) is 9.25. The summed E-state index contributed by atoms with van der Waals surface area (Å²) in [6, 6.07) is 19.4. The van der Waals surface area contributed by atoms with E-state index in [1.54, 1.807) is 54.6 Å². The van der Waals surface area contributed by atoms with Crippen LogP contribution in [0.2, 0.25) is 5.02 Å². The Balaban J connectivity index is 1.49. The van der Waals surface area contributed by atoms with Gasteiger partial charge in [0.1, 0.15) is 17.2 Å². The molecule has 0 heterocycles. The van der Waals surface area contributed by atoms with Gasteiger partial charge < -0.3 is 25.1 Å². The highest BCUT2D eigenvalue weighted by Gasteiger charge is 2.04. The Hall–Kier alpha value is -3.82. The molecule has 0 saturated heterocycles. The van der Waals surface area contributed by atoms with Crippen molar-refractivity contribution in [2.24, 2.45) is 0 Å². The fourth-order valence-corrected chi connectivity index (χ4v) is 2.88. The SMILES string of the molecule is Nc1ccc(OCCCOc2ccc(OCC(=O)O)cc2)c(C#Cc2cccc(Cl)c2)c1. The van der Waals surface area contributed by atoms with E-state index in [1.165, 1.54) is 0 Å². The lowest BCUT2D eigenvalue weighted by molar-refractivity contribution is -0.139. The van der Waals surface area contributed by atoms with Crippen molar-refractivity contribution in [3.8, 4) is 29.1 Å². The van der Waals surface area contributed by atoms with Crippen LogP contribution in [-0.4, -0.2) is 30.9 Å². The van der Waals surface area contributed by atoms with Crippen LogP contribution in [0.25, 0.3) is 0 Å². The molecule has 0 amide bonds. The molecule has 0 atom stereocenters. The van der Waals surface area contributed by atoms with Gasteiger partial charge in [0.05, 0.1) is 18.8 Å². The number of hydrogen-bond donors (Lipinski definition) is 2. The number of halogens is 1. The quantitative estimate of drug-likeness (QED) is 0.280. The first kappa shape index (κ1) is 22.9. The number of ether oxygens (including phenoxy) is 3. The predicted octanol–water partition coefficient (Wildman–Crippen LogP) is 4.63. The monoisotopic (exact) mass is 451 g/mol. The van der Waals surface area contributed by atoms with Gasteiger partial charge in [-0.15, -0.1) is 0 Å². The van der Waals surface area contributed by atoms with Crippen LogP contribution in [-0.2, 0) is 4.79 Å². The molecule has 0 spiro atoms.